The van der Waals surface area contributed by atoms with E-state index in [0.29, 0.717) is 5.91 Å². The number of likely N-dealkylation sites (tertiary alicyclic amines) is 2. The van der Waals surface area contributed by atoms with E-state index >= 15 is 0 Å². The number of alkyl halides is 9. The van der Waals surface area contributed by atoms with Gasteiger partial charge in [0.1, 0.15) is 0 Å². The van der Waals surface area contributed by atoms with Crippen LogP contribution in [0.15, 0.2) is 42.0 Å². The molecule has 0 radical (unpaired) electrons. The Bertz CT molecular complexity index is 1340. The van der Waals surface area contributed by atoms with Gasteiger partial charge in [0.05, 0.1) is 5.41 Å². The summed E-state index contributed by atoms with van der Waals surface area (Å²) in [5.74, 6) is -7.97. The summed E-state index contributed by atoms with van der Waals surface area (Å²) >= 11 is 1.84. The molecule has 0 saturated carbocycles. The van der Waals surface area contributed by atoms with Crippen LogP contribution >= 0.6 is 11.3 Å². The number of carboxylic acids is 3. The fraction of sp³-hybridized carbons (Fsp3) is 0.536. The number of fused-ring (bicyclic) bond motifs is 1. The van der Waals surface area contributed by atoms with E-state index in [0.717, 1.165) is 65.1 Å². The smallest absolute Gasteiger partial charge is 0.475 e. The molecule has 3 aliphatic rings. The Labute approximate surface area is 276 Å². The fourth-order valence-electron chi connectivity index (χ4n) is 5.77. The van der Waals surface area contributed by atoms with E-state index in [4.69, 9.17) is 29.7 Å². The van der Waals surface area contributed by atoms with Gasteiger partial charge >= 0.3 is 36.4 Å². The predicted molar refractivity (Wildman–Crippen MR) is 152 cm³/mol. The molecule has 1 amide bonds. The highest BCUT2D eigenvalue weighted by molar-refractivity contribution is 7.09. The lowest BCUT2D eigenvalue weighted by atomic mass is 9.60. The van der Waals surface area contributed by atoms with Gasteiger partial charge in [0.15, 0.2) is 0 Å². The van der Waals surface area contributed by atoms with Crippen LogP contribution in [0.3, 0.4) is 0 Å². The number of aliphatic carboxylic acids is 3. The monoisotopic (exact) mass is 738 g/mol. The van der Waals surface area contributed by atoms with Crippen LogP contribution in [-0.2, 0) is 32.3 Å². The number of hydrogen-bond donors (Lipinski definition) is 4. The van der Waals surface area contributed by atoms with Crippen molar-refractivity contribution in [3.63, 3.8) is 0 Å². The molecule has 11 nitrogen and oxygen atoms in total. The van der Waals surface area contributed by atoms with Crippen molar-refractivity contribution < 1.29 is 74.0 Å². The molecule has 0 aliphatic carbocycles. The largest absolute Gasteiger partial charge is 0.490 e. The van der Waals surface area contributed by atoms with E-state index in [1.54, 1.807) is 0 Å². The minimum atomic E-state index is -5.08. The summed E-state index contributed by atoms with van der Waals surface area (Å²) in [6, 6.07) is 8.51. The molecule has 3 fully saturated rings. The Morgan fingerprint density at radius 2 is 1.33 bits per heavy atom. The number of carbonyl (C=O) groups is 4. The molecule has 3 saturated heterocycles. The van der Waals surface area contributed by atoms with Crippen LogP contribution in [0.5, 0.6) is 0 Å². The molecular weight excluding hydrogens is 707 g/mol. The highest BCUT2D eigenvalue weighted by Crippen LogP contribution is 2.56. The third-order valence-electron chi connectivity index (χ3n) is 7.94. The maximum Gasteiger partial charge on any atom is 0.490 e. The van der Waals surface area contributed by atoms with E-state index in [2.05, 4.69) is 43.7 Å². The first-order chi connectivity index (χ1) is 22.5. The molecule has 2 aromatic rings. The van der Waals surface area contributed by atoms with Crippen molar-refractivity contribution in [2.24, 2.45) is 10.8 Å². The first-order valence-electron chi connectivity index (χ1n) is 14.1. The van der Waals surface area contributed by atoms with Gasteiger partial charge in [0.2, 0.25) is 5.91 Å². The Morgan fingerprint density at radius 1 is 0.796 bits per heavy atom. The average molecular weight is 739 g/mol. The van der Waals surface area contributed by atoms with Crippen LogP contribution in [0.1, 0.15) is 29.7 Å². The summed E-state index contributed by atoms with van der Waals surface area (Å²) in [6.07, 6.45) is -8.24. The number of rotatable bonds is 4. The van der Waals surface area contributed by atoms with E-state index in [1.165, 1.54) is 10.4 Å². The first-order valence-corrected chi connectivity index (χ1v) is 14.9. The van der Waals surface area contributed by atoms with Crippen molar-refractivity contribution in [3.05, 3.63) is 52.5 Å². The second kappa shape index (κ2) is 16.6. The Balaban J connectivity index is 0.000000325. The van der Waals surface area contributed by atoms with Crippen LogP contribution in [0.4, 0.5) is 39.5 Å². The number of thiophene rings is 1. The molecular formula is C28H31F9N4O7S. The van der Waals surface area contributed by atoms with Gasteiger partial charge in [-0.3, -0.25) is 19.6 Å². The number of nitrogens with one attached hydrogen (secondary N) is 1. The van der Waals surface area contributed by atoms with Crippen LogP contribution in [0.25, 0.3) is 0 Å². The maximum atomic E-state index is 13.0. The molecule has 1 atom stereocenters. The molecule has 2 spiro atoms. The van der Waals surface area contributed by atoms with Crippen LogP contribution in [0, 0.1) is 10.8 Å². The van der Waals surface area contributed by atoms with Crippen molar-refractivity contribution in [3.8, 4) is 0 Å². The predicted octanol–water partition coefficient (Wildman–Crippen LogP) is 4.65. The minimum absolute atomic E-state index is 0.113. The number of pyridine rings is 1. The number of carbonyl (C=O) groups excluding carboxylic acids is 1. The molecule has 5 heterocycles. The zero-order valence-corrected chi connectivity index (χ0v) is 26.1. The molecule has 0 bridgehead atoms. The van der Waals surface area contributed by atoms with Crippen molar-refractivity contribution >= 4 is 35.2 Å². The van der Waals surface area contributed by atoms with Gasteiger partial charge in [0.25, 0.3) is 0 Å². The second-order valence-electron chi connectivity index (χ2n) is 11.1. The fourth-order valence-corrected chi connectivity index (χ4v) is 6.52. The van der Waals surface area contributed by atoms with Gasteiger partial charge in [-0.2, -0.15) is 39.5 Å². The lowest BCUT2D eigenvalue weighted by molar-refractivity contribution is -0.193. The third-order valence-corrected chi connectivity index (χ3v) is 8.80. The molecule has 5 rings (SSSR count). The van der Waals surface area contributed by atoms with Crippen molar-refractivity contribution in [2.45, 2.75) is 50.9 Å². The van der Waals surface area contributed by atoms with Crippen LogP contribution in [-0.4, -0.2) is 105 Å². The van der Waals surface area contributed by atoms with Gasteiger partial charge in [-0.25, -0.2) is 14.4 Å². The number of nitrogens with zero attached hydrogens (tertiary/aromatic N) is 3. The van der Waals surface area contributed by atoms with Gasteiger partial charge in [-0.15, -0.1) is 11.3 Å². The number of halogens is 9. The van der Waals surface area contributed by atoms with Gasteiger partial charge in [-0.1, -0.05) is 12.1 Å². The van der Waals surface area contributed by atoms with Gasteiger partial charge in [-0.05, 0) is 55.4 Å². The number of piperidine rings is 1. The average Bonchev–Trinajstić information content (AvgIpc) is 3.71. The van der Waals surface area contributed by atoms with Gasteiger partial charge < -0.3 is 20.6 Å². The summed E-state index contributed by atoms with van der Waals surface area (Å²) in [7, 11) is 0. The molecule has 49 heavy (non-hydrogen) atoms. The number of carboxylic acid groups (broad SMARTS) is 3. The zero-order valence-electron chi connectivity index (χ0n) is 25.2. The third kappa shape index (κ3) is 11.8. The zero-order chi connectivity index (χ0) is 37.3. The quantitative estimate of drug-likeness (QED) is 0.326. The lowest BCUT2D eigenvalue weighted by Gasteiger charge is -2.46. The van der Waals surface area contributed by atoms with Crippen molar-refractivity contribution in [2.75, 3.05) is 32.7 Å². The van der Waals surface area contributed by atoms with E-state index < -0.39 is 36.4 Å². The van der Waals surface area contributed by atoms with Gasteiger partial charge in [0, 0.05) is 55.4 Å². The van der Waals surface area contributed by atoms with E-state index in [1.807, 2.05) is 29.8 Å². The standard InChI is InChI=1S/C22H28N4OS.3C2HF3O2/c27-20-22(5-9-24-20)17-26(14-18-3-1-8-23-13-18)16-21(22)6-10-25(11-7-21)15-19-4-2-12-28-19;3*3-2(4,5)1(6)7/h1-4,8,12-13H,5-7,9-11,14-17H2,(H,24,27);3*(H,6,7). The second-order valence-corrected chi connectivity index (χ2v) is 12.2. The SMILES string of the molecule is O=C(O)C(F)(F)F.O=C(O)C(F)(F)F.O=C(O)C(F)(F)F.O=C1NCCC12CN(Cc1cccnc1)CC21CCN(Cc2cccs2)CC1. The Morgan fingerprint density at radius 3 is 1.71 bits per heavy atom. The lowest BCUT2D eigenvalue weighted by Crippen LogP contribution is -2.52. The van der Waals surface area contributed by atoms with E-state index in [9.17, 15) is 44.3 Å². The van der Waals surface area contributed by atoms with Crippen molar-refractivity contribution in [1.29, 1.82) is 0 Å². The molecule has 0 aromatic carbocycles. The normalized spacial score (nSPS) is 20.6. The first kappa shape index (κ1) is 41.2. The van der Waals surface area contributed by atoms with Crippen molar-refractivity contribution in [1.82, 2.24) is 20.1 Å². The topological polar surface area (TPSA) is 160 Å². The summed E-state index contributed by atoms with van der Waals surface area (Å²) in [5, 5.41) is 26.7. The molecule has 4 N–H and O–H groups in total. The minimum Gasteiger partial charge on any atom is -0.475 e. The molecule has 21 heteroatoms. The molecule has 274 valence electrons. The van der Waals surface area contributed by atoms with E-state index in [-0.39, 0.29) is 10.8 Å². The number of amides is 1. The highest BCUT2D eigenvalue weighted by atomic mass is 32.1. The molecule has 2 aromatic heterocycles. The highest BCUT2D eigenvalue weighted by Gasteiger charge is 2.63. The van der Waals surface area contributed by atoms with Crippen LogP contribution in [0.2, 0.25) is 0 Å². The number of hydrogen-bond acceptors (Lipinski definition) is 8. The Kier molecular flexibility index (Phi) is 14.0. The molecule has 3 aliphatic heterocycles. The summed E-state index contributed by atoms with van der Waals surface area (Å²) < 4.78 is 95.2. The summed E-state index contributed by atoms with van der Waals surface area (Å²) in [5.41, 5.74) is 1.15. The molecule has 1 unspecified atom stereocenters. The number of aromatic nitrogens is 1. The summed E-state index contributed by atoms with van der Waals surface area (Å²) in [4.78, 5) is 50.5. The van der Waals surface area contributed by atoms with Crippen LogP contribution < -0.4 is 5.32 Å². The summed E-state index contributed by atoms with van der Waals surface area (Å²) in [6.45, 7) is 6.87. The maximum absolute atomic E-state index is 13.0. The Hall–Kier alpha value is -3.98.